The minimum absolute atomic E-state index is 0.0618. The number of carbonyl (C=O) groups is 1. The van der Waals surface area contributed by atoms with Gasteiger partial charge in [0.2, 0.25) is 0 Å². The number of aryl methyl sites for hydroxylation is 1. The summed E-state index contributed by atoms with van der Waals surface area (Å²) in [6, 6.07) is 11.4. The highest BCUT2D eigenvalue weighted by Crippen LogP contribution is 2.22. The Labute approximate surface area is 129 Å². The van der Waals surface area contributed by atoms with Crippen LogP contribution in [0.2, 0.25) is 0 Å². The first-order valence-electron chi connectivity index (χ1n) is 7.25. The molecule has 22 heavy (non-hydrogen) atoms. The van der Waals surface area contributed by atoms with E-state index in [9.17, 15) is 4.79 Å². The zero-order chi connectivity index (χ0) is 15.7. The van der Waals surface area contributed by atoms with Gasteiger partial charge in [-0.15, -0.1) is 0 Å². The van der Waals surface area contributed by atoms with Gasteiger partial charge in [0.15, 0.2) is 5.65 Å². The van der Waals surface area contributed by atoms with E-state index in [0.717, 1.165) is 22.6 Å². The third-order valence-corrected chi connectivity index (χ3v) is 3.45. The molecule has 112 valence electrons. The molecule has 2 aromatic heterocycles. The lowest BCUT2D eigenvalue weighted by Gasteiger charge is -2.08. The van der Waals surface area contributed by atoms with Gasteiger partial charge in [0.05, 0.1) is 0 Å². The summed E-state index contributed by atoms with van der Waals surface area (Å²) in [5.41, 5.74) is 3.32. The van der Waals surface area contributed by atoms with Crippen molar-refractivity contribution < 1.29 is 4.79 Å². The van der Waals surface area contributed by atoms with E-state index in [-0.39, 0.29) is 11.9 Å². The minimum Gasteiger partial charge on any atom is -0.350 e. The predicted octanol–water partition coefficient (Wildman–Crippen LogP) is 2.77. The maximum atomic E-state index is 12.0. The Morgan fingerprint density at radius 1 is 1.18 bits per heavy atom. The fraction of sp³-hybridized carbons (Fsp3) is 0.235. The predicted molar refractivity (Wildman–Crippen MR) is 86.5 cm³/mol. The van der Waals surface area contributed by atoms with Crippen LogP contribution >= 0.6 is 0 Å². The van der Waals surface area contributed by atoms with Gasteiger partial charge in [-0.3, -0.25) is 4.79 Å². The molecule has 1 aromatic carbocycles. The molecule has 0 saturated carbocycles. The fourth-order valence-electron chi connectivity index (χ4n) is 2.40. The summed E-state index contributed by atoms with van der Waals surface area (Å²) in [6.45, 7) is 3.89. The molecule has 5 heteroatoms. The molecule has 0 aliphatic heterocycles. The number of amides is 1. The van der Waals surface area contributed by atoms with Crippen molar-refractivity contribution in [3.05, 3.63) is 48.2 Å². The maximum Gasteiger partial charge on any atom is 0.251 e. The minimum atomic E-state index is -0.0618. The number of nitrogens with zero attached hydrogens (tertiary/aromatic N) is 3. The standard InChI is InChI=1S/C17H18N4O/c1-11(2)19-17(22)13-8-6-12(7-9-13)15-20-14-5-4-10-18-16(14)21(15)3/h4-11H,1-3H3,(H,19,22). The lowest BCUT2D eigenvalue weighted by Crippen LogP contribution is -2.29. The quantitative estimate of drug-likeness (QED) is 0.808. The van der Waals surface area contributed by atoms with E-state index in [4.69, 9.17) is 0 Å². The summed E-state index contributed by atoms with van der Waals surface area (Å²) in [4.78, 5) is 20.9. The van der Waals surface area contributed by atoms with E-state index in [1.54, 1.807) is 6.20 Å². The van der Waals surface area contributed by atoms with Crippen LogP contribution < -0.4 is 5.32 Å². The Hall–Kier alpha value is -2.69. The van der Waals surface area contributed by atoms with Gasteiger partial charge in [-0.25, -0.2) is 9.97 Å². The largest absolute Gasteiger partial charge is 0.350 e. The highest BCUT2D eigenvalue weighted by Gasteiger charge is 2.12. The van der Waals surface area contributed by atoms with Crippen LogP contribution in [0.15, 0.2) is 42.6 Å². The van der Waals surface area contributed by atoms with Gasteiger partial charge < -0.3 is 9.88 Å². The Morgan fingerprint density at radius 2 is 1.91 bits per heavy atom. The number of rotatable bonds is 3. The highest BCUT2D eigenvalue weighted by atomic mass is 16.1. The van der Waals surface area contributed by atoms with Gasteiger partial charge >= 0.3 is 0 Å². The lowest BCUT2D eigenvalue weighted by atomic mass is 10.1. The molecule has 3 rings (SSSR count). The molecule has 5 nitrogen and oxygen atoms in total. The lowest BCUT2D eigenvalue weighted by molar-refractivity contribution is 0.0943. The number of fused-ring (bicyclic) bond motifs is 1. The average Bonchev–Trinajstić information content (AvgIpc) is 2.84. The van der Waals surface area contributed by atoms with Crippen molar-refractivity contribution in [2.24, 2.45) is 7.05 Å². The molecule has 0 aliphatic carbocycles. The second-order valence-electron chi connectivity index (χ2n) is 5.55. The van der Waals surface area contributed by atoms with E-state index < -0.39 is 0 Å². The Kier molecular flexibility index (Phi) is 3.63. The van der Waals surface area contributed by atoms with E-state index in [2.05, 4.69) is 15.3 Å². The van der Waals surface area contributed by atoms with Crippen LogP contribution in [0.3, 0.4) is 0 Å². The fourth-order valence-corrected chi connectivity index (χ4v) is 2.40. The van der Waals surface area contributed by atoms with Crippen LogP contribution in [0.4, 0.5) is 0 Å². The molecular weight excluding hydrogens is 276 g/mol. The van der Waals surface area contributed by atoms with Crippen molar-refractivity contribution in [2.45, 2.75) is 19.9 Å². The summed E-state index contributed by atoms with van der Waals surface area (Å²) >= 11 is 0. The van der Waals surface area contributed by atoms with E-state index in [0.29, 0.717) is 5.56 Å². The Morgan fingerprint density at radius 3 is 2.55 bits per heavy atom. The first kappa shape index (κ1) is 14.3. The Balaban J connectivity index is 1.95. The van der Waals surface area contributed by atoms with Gasteiger partial charge in [0.25, 0.3) is 5.91 Å². The van der Waals surface area contributed by atoms with E-state index in [1.807, 2.05) is 61.9 Å². The van der Waals surface area contributed by atoms with Crippen LogP contribution in [0.5, 0.6) is 0 Å². The molecule has 0 fully saturated rings. The zero-order valence-corrected chi connectivity index (χ0v) is 12.9. The molecular formula is C17H18N4O. The van der Waals surface area contributed by atoms with Gasteiger partial charge in [0.1, 0.15) is 11.3 Å². The van der Waals surface area contributed by atoms with Crippen molar-refractivity contribution in [3.8, 4) is 11.4 Å². The van der Waals surface area contributed by atoms with Crippen LogP contribution in [-0.4, -0.2) is 26.5 Å². The third kappa shape index (κ3) is 2.57. The highest BCUT2D eigenvalue weighted by molar-refractivity contribution is 5.94. The maximum absolute atomic E-state index is 12.0. The number of hydrogen-bond donors (Lipinski definition) is 1. The molecule has 2 heterocycles. The molecule has 0 unspecified atom stereocenters. The number of carbonyl (C=O) groups excluding carboxylic acids is 1. The topological polar surface area (TPSA) is 59.8 Å². The van der Waals surface area contributed by atoms with Crippen LogP contribution in [0, 0.1) is 0 Å². The molecule has 3 aromatic rings. The van der Waals surface area contributed by atoms with Crippen LogP contribution in [0.1, 0.15) is 24.2 Å². The molecule has 0 radical (unpaired) electrons. The molecule has 1 amide bonds. The number of pyridine rings is 1. The van der Waals surface area contributed by atoms with E-state index >= 15 is 0 Å². The van der Waals surface area contributed by atoms with Crippen molar-refractivity contribution >= 4 is 17.1 Å². The van der Waals surface area contributed by atoms with Crippen LogP contribution in [-0.2, 0) is 7.05 Å². The molecule has 0 bridgehead atoms. The zero-order valence-electron chi connectivity index (χ0n) is 12.9. The SMILES string of the molecule is CC(C)NC(=O)c1ccc(-c2nc3cccnc3n2C)cc1. The molecule has 0 atom stereocenters. The second kappa shape index (κ2) is 5.60. The Bertz CT molecular complexity index is 818. The molecule has 0 aliphatic rings. The molecule has 0 spiro atoms. The summed E-state index contributed by atoms with van der Waals surface area (Å²) in [6.07, 6.45) is 1.76. The van der Waals surface area contributed by atoms with Crippen molar-refractivity contribution in [1.82, 2.24) is 19.9 Å². The van der Waals surface area contributed by atoms with Crippen LogP contribution in [0.25, 0.3) is 22.6 Å². The number of benzene rings is 1. The van der Waals surface area contributed by atoms with Gasteiger partial charge in [0, 0.05) is 30.4 Å². The first-order chi connectivity index (χ1) is 10.6. The van der Waals surface area contributed by atoms with E-state index in [1.165, 1.54) is 0 Å². The van der Waals surface area contributed by atoms with Gasteiger partial charge in [-0.2, -0.15) is 0 Å². The summed E-state index contributed by atoms with van der Waals surface area (Å²) < 4.78 is 1.96. The van der Waals surface area contributed by atoms with Gasteiger partial charge in [-0.1, -0.05) is 12.1 Å². The third-order valence-electron chi connectivity index (χ3n) is 3.45. The number of imidazole rings is 1. The van der Waals surface area contributed by atoms with Gasteiger partial charge in [-0.05, 0) is 38.1 Å². The smallest absolute Gasteiger partial charge is 0.251 e. The second-order valence-corrected chi connectivity index (χ2v) is 5.55. The monoisotopic (exact) mass is 294 g/mol. The number of hydrogen-bond acceptors (Lipinski definition) is 3. The molecule has 0 saturated heterocycles. The molecule has 1 N–H and O–H groups in total. The number of aromatic nitrogens is 3. The summed E-state index contributed by atoms with van der Waals surface area (Å²) in [5, 5.41) is 2.88. The summed E-state index contributed by atoms with van der Waals surface area (Å²) in [7, 11) is 1.94. The first-order valence-corrected chi connectivity index (χ1v) is 7.25. The van der Waals surface area contributed by atoms with Crippen molar-refractivity contribution in [3.63, 3.8) is 0 Å². The van der Waals surface area contributed by atoms with Crippen molar-refractivity contribution in [1.29, 1.82) is 0 Å². The average molecular weight is 294 g/mol. The normalized spacial score (nSPS) is 11.1. The number of nitrogens with one attached hydrogen (secondary N) is 1. The van der Waals surface area contributed by atoms with Crippen molar-refractivity contribution in [2.75, 3.05) is 0 Å². The summed E-state index contributed by atoms with van der Waals surface area (Å²) in [5.74, 6) is 0.776.